The van der Waals surface area contributed by atoms with E-state index in [1.807, 2.05) is 6.07 Å². The van der Waals surface area contributed by atoms with E-state index in [4.69, 9.17) is 19.5 Å². The van der Waals surface area contributed by atoms with Gasteiger partial charge in [0.25, 0.3) is 5.91 Å². The average molecular weight is 554 g/mol. The van der Waals surface area contributed by atoms with Gasteiger partial charge in [-0.15, -0.1) is 4.90 Å². The lowest BCUT2D eigenvalue weighted by Gasteiger charge is -2.28. The summed E-state index contributed by atoms with van der Waals surface area (Å²) < 4.78 is 31.5. The minimum atomic E-state index is -1.06. The third-order valence-corrected chi connectivity index (χ3v) is 5.20. The van der Waals surface area contributed by atoms with Gasteiger partial charge in [-0.25, -0.2) is 24.0 Å². The van der Waals surface area contributed by atoms with Gasteiger partial charge in [0.1, 0.15) is 28.8 Å². The number of nitriles is 1. The number of hydrogen-bond acceptors (Lipinski definition) is 9. The molecule has 1 unspecified atom stereocenters. The Kier molecular flexibility index (Phi) is 9.09. The van der Waals surface area contributed by atoms with E-state index < -0.39 is 41.2 Å². The number of halogens is 1. The second-order valence-electron chi connectivity index (χ2n) is 10.9. The van der Waals surface area contributed by atoms with Gasteiger partial charge in [-0.05, 0) is 84.7 Å². The number of benzene rings is 1. The molecule has 0 fully saturated rings. The van der Waals surface area contributed by atoms with Gasteiger partial charge in [-0.2, -0.15) is 5.26 Å². The summed E-state index contributed by atoms with van der Waals surface area (Å²) in [7, 11) is 0. The summed E-state index contributed by atoms with van der Waals surface area (Å²) in [5.41, 5.74) is -1.13. The topological polar surface area (TPSA) is 143 Å². The molecule has 1 aromatic carbocycles. The monoisotopic (exact) mass is 553 g/mol. The van der Waals surface area contributed by atoms with E-state index in [2.05, 4.69) is 15.3 Å². The molecule has 212 valence electrons. The second-order valence-corrected chi connectivity index (χ2v) is 10.9. The highest BCUT2D eigenvalue weighted by Crippen LogP contribution is 2.31. The van der Waals surface area contributed by atoms with Crippen LogP contribution < -0.4 is 5.32 Å². The van der Waals surface area contributed by atoms with Crippen molar-refractivity contribution in [2.45, 2.75) is 71.6 Å². The lowest BCUT2D eigenvalue weighted by atomic mass is 10.0. The summed E-state index contributed by atoms with van der Waals surface area (Å²) in [5, 5.41) is 11.6. The van der Waals surface area contributed by atoms with E-state index in [9.17, 15) is 14.4 Å². The molecule has 0 spiro atoms. The maximum atomic E-state index is 15.1. The van der Waals surface area contributed by atoms with Crippen LogP contribution in [0.5, 0.6) is 0 Å². The van der Waals surface area contributed by atoms with Crippen LogP contribution in [0.3, 0.4) is 0 Å². The number of nitrogens with one attached hydrogen (secondary N) is 1. The first kappa shape index (κ1) is 30.0. The Labute approximate surface area is 231 Å². The normalized spacial score (nSPS) is 15.4. The fraction of sp³-hybridized carbons (Fsp3) is 0.429. The van der Waals surface area contributed by atoms with E-state index in [0.29, 0.717) is 23.3 Å². The van der Waals surface area contributed by atoms with E-state index in [-0.39, 0.29) is 29.6 Å². The SMILES string of the molecule is CC(C)(C)OC(=O)N(C(=O)OC(C)(C)C)C1=NC(c2cc(NC(=O)c3ccc(C#N)cn3)ccc2F)CCCO1. The number of rotatable bonds is 3. The predicted octanol–water partition coefficient (Wildman–Crippen LogP) is 5.72. The summed E-state index contributed by atoms with van der Waals surface area (Å²) in [6.07, 6.45) is -0.0892. The molecular formula is C28H32FN5O6. The lowest BCUT2D eigenvalue weighted by Crippen LogP contribution is -2.47. The van der Waals surface area contributed by atoms with Gasteiger partial charge >= 0.3 is 18.2 Å². The molecule has 1 aliphatic rings. The molecule has 0 radical (unpaired) electrons. The quantitative estimate of drug-likeness (QED) is 0.508. The molecule has 12 heteroatoms. The summed E-state index contributed by atoms with van der Waals surface area (Å²) >= 11 is 0. The van der Waals surface area contributed by atoms with Crippen molar-refractivity contribution in [2.24, 2.45) is 4.99 Å². The molecule has 3 amide bonds. The minimum Gasteiger partial charge on any atom is -0.464 e. The molecule has 11 nitrogen and oxygen atoms in total. The Morgan fingerprint density at radius 3 is 2.27 bits per heavy atom. The van der Waals surface area contributed by atoms with Crippen molar-refractivity contribution < 1.29 is 33.0 Å². The Balaban J connectivity index is 1.95. The van der Waals surface area contributed by atoms with Crippen LogP contribution in [0.2, 0.25) is 0 Å². The van der Waals surface area contributed by atoms with Crippen LogP contribution in [-0.2, 0) is 14.2 Å². The van der Waals surface area contributed by atoms with Crippen LogP contribution in [0.15, 0.2) is 41.5 Å². The highest BCUT2D eigenvalue weighted by molar-refractivity contribution is 6.06. The Morgan fingerprint density at radius 1 is 1.07 bits per heavy atom. The van der Waals surface area contributed by atoms with Crippen LogP contribution in [-0.4, -0.2) is 51.8 Å². The molecule has 40 heavy (non-hydrogen) atoms. The molecule has 1 aliphatic heterocycles. The molecule has 2 heterocycles. The number of amidine groups is 1. The zero-order valence-corrected chi connectivity index (χ0v) is 23.3. The van der Waals surface area contributed by atoms with Crippen molar-refractivity contribution >= 4 is 29.8 Å². The molecule has 0 saturated heterocycles. The number of anilines is 1. The standard InChI is InChI=1S/C28H32FN5O6/c1-27(2,3)39-25(36)34(26(37)40-28(4,5)6)24-33-21(8-7-13-38-24)19-14-18(10-11-20(19)29)32-23(35)22-12-9-17(15-30)16-31-22/h9-12,14,16,21H,7-8,13H2,1-6H3,(H,32,35). The Bertz CT molecular complexity index is 1310. The molecule has 1 N–H and O–H groups in total. The highest BCUT2D eigenvalue weighted by Gasteiger charge is 2.38. The van der Waals surface area contributed by atoms with Crippen molar-refractivity contribution in [1.29, 1.82) is 5.26 Å². The van der Waals surface area contributed by atoms with Gasteiger partial charge in [0.05, 0.1) is 18.2 Å². The first-order valence-corrected chi connectivity index (χ1v) is 12.6. The van der Waals surface area contributed by atoms with Gasteiger partial charge in [0, 0.05) is 17.4 Å². The molecule has 1 aromatic heterocycles. The Hall–Kier alpha value is -4.53. The number of carbonyl (C=O) groups is 3. The number of imide groups is 1. The van der Waals surface area contributed by atoms with Crippen molar-refractivity contribution in [1.82, 2.24) is 9.88 Å². The van der Waals surface area contributed by atoms with Crippen molar-refractivity contribution in [3.63, 3.8) is 0 Å². The average Bonchev–Trinajstić information content (AvgIpc) is 3.09. The molecular weight excluding hydrogens is 521 g/mol. The predicted molar refractivity (Wildman–Crippen MR) is 143 cm³/mol. The van der Waals surface area contributed by atoms with E-state index >= 15 is 4.39 Å². The second kappa shape index (κ2) is 12.1. The molecule has 0 saturated carbocycles. The largest absolute Gasteiger partial charge is 0.464 e. The summed E-state index contributed by atoms with van der Waals surface area (Å²) in [4.78, 5) is 47.7. The molecule has 3 rings (SSSR count). The molecule has 0 aliphatic carbocycles. The van der Waals surface area contributed by atoms with Crippen molar-refractivity contribution in [3.8, 4) is 6.07 Å². The minimum absolute atomic E-state index is 0.0680. The zero-order chi connectivity index (χ0) is 29.7. The fourth-order valence-electron chi connectivity index (χ4n) is 3.53. The first-order chi connectivity index (χ1) is 18.7. The van der Waals surface area contributed by atoms with Gasteiger partial charge in [-0.3, -0.25) is 4.79 Å². The van der Waals surface area contributed by atoms with Gasteiger partial charge in [-0.1, -0.05) is 0 Å². The van der Waals surface area contributed by atoms with Crippen LogP contribution in [0.4, 0.5) is 19.7 Å². The number of aliphatic imine (C=N–C) groups is 1. The molecule has 2 aromatic rings. The van der Waals surface area contributed by atoms with Crippen molar-refractivity contribution in [3.05, 3.63) is 59.2 Å². The van der Waals surface area contributed by atoms with Crippen LogP contribution >= 0.6 is 0 Å². The Morgan fingerprint density at radius 2 is 1.73 bits per heavy atom. The lowest BCUT2D eigenvalue weighted by molar-refractivity contribution is 0.0101. The zero-order valence-electron chi connectivity index (χ0n) is 23.3. The number of amides is 3. The summed E-state index contributed by atoms with van der Waals surface area (Å²) in [6, 6.07) is 7.51. The molecule has 0 bridgehead atoms. The van der Waals surface area contributed by atoms with E-state index in [0.717, 1.165) is 0 Å². The van der Waals surface area contributed by atoms with Crippen molar-refractivity contribution in [2.75, 3.05) is 11.9 Å². The highest BCUT2D eigenvalue weighted by atomic mass is 19.1. The maximum Gasteiger partial charge on any atom is 0.428 e. The maximum absolute atomic E-state index is 15.1. The number of ether oxygens (including phenoxy) is 3. The molecule has 1 atom stereocenters. The third kappa shape index (κ3) is 8.23. The number of nitrogens with zero attached hydrogens (tertiary/aromatic N) is 4. The number of hydrogen-bond donors (Lipinski definition) is 1. The summed E-state index contributed by atoms with van der Waals surface area (Å²) in [6.45, 7) is 9.93. The van der Waals surface area contributed by atoms with Gasteiger partial charge in [0.15, 0.2) is 0 Å². The van der Waals surface area contributed by atoms with Crippen LogP contribution in [0, 0.1) is 17.1 Å². The number of carbonyl (C=O) groups excluding carboxylic acids is 3. The first-order valence-electron chi connectivity index (χ1n) is 12.6. The summed E-state index contributed by atoms with van der Waals surface area (Å²) in [5.74, 6) is -1.16. The van der Waals surface area contributed by atoms with Crippen LogP contribution in [0.1, 0.15) is 82.0 Å². The fourth-order valence-corrected chi connectivity index (χ4v) is 3.53. The van der Waals surface area contributed by atoms with Gasteiger partial charge in [0.2, 0.25) is 0 Å². The smallest absolute Gasteiger partial charge is 0.428 e. The number of pyridine rings is 1. The van der Waals surface area contributed by atoms with E-state index in [1.54, 1.807) is 41.5 Å². The number of aromatic nitrogens is 1. The third-order valence-electron chi connectivity index (χ3n) is 5.20. The van der Waals surface area contributed by atoms with Gasteiger partial charge < -0.3 is 19.5 Å². The van der Waals surface area contributed by atoms with E-state index in [1.165, 1.54) is 36.5 Å². The van der Waals surface area contributed by atoms with Crippen LogP contribution in [0.25, 0.3) is 0 Å².